The number of carbonyl (C=O) groups is 1. The number of aryl methyl sites for hydroxylation is 1. The quantitative estimate of drug-likeness (QED) is 0.791. The summed E-state index contributed by atoms with van der Waals surface area (Å²) in [4.78, 5) is 28.8. The van der Waals surface area contributed by atoms with Crippen molar-refractivity contribution >= 4 is 5.91 Å². The fraction of sp³-hybridized carbons (Fsp3) is 0.722. The first-order valence-corrected chi connectivity index (χ1v) is 9.39. The minimum absolute atomic E-state index is 0.123. The second-order valence-electron chi connectivity index (χ2n) is 7.84. The molecule has 1 aliphatic carbocycles. The third kappa shape index (κ3) is 3.62. The van der Waals surface area contributed by atoms with E-state index in [2.05, 4.69) is 32.4 Å². The summed E-state index contributed by atoms with van der Waals surface area (Å²) >= 11 is 0. The zero-order valence-corrected chi connectivity index (χ0v) is 14.8. The fourth-order valence-electron chi connectivity index (χ4n) is 4.32. The van der Waals surface area contributed by atoms with Crippen molar-refractivity contribution in [1.82, 2.24) is 25.3 Å². The molecule has 0 saturated carbocycles. The Morgan fingerprint density at radius 2 is 2.04 bits per heavy atom. The summed E-state index contributed by atoms with van der Waals surface area (Å²) in [5, 5.41) is 9.79. The number of hydrogen-bond donors (Lipinski definition) is 2. The van der Waals surface area contributed by atoms with Crippen molar-refractivity contribution < 1.29 is 4.79 Å². The first-order chi connectivity index (χ1) is 12.1. The Hall–Kier alpha value is -1.73. The summed E-state index contributed by atoms with van der Waals surface area (Å²) in [5.41, 5.74) is 1.77. The van der Waals surface area contributed by atoms with Crippen molar-refractivity contribution in [3.63, 3.8) is 0 Å². The Morgan fingerprint density at radius 1 is 1.28 bits per heavy atom. The van der Waals surface area contributed by atoms with E-state index in [-0.39, 0.29) is 23.4 Å². The number of rotatable bonds is 3. The largest absolute Gasteiger partial charge is 0.353 e. The number of nitrogens with zero attached hydrogens (tertiary/aromatic N) is 3. The van der Waals surface area contributed by atoms with Crippen LogP contribution in [0.3, 0.4) is 0 Å². The molecule has 1 atom stereocenters. The molecule has 1 aromatic heterocycles. The standard InChI is InChI=1S/C18H27N5O2/c1-22-6-4-15(5-7-22)23-10-13(11-23)18(25)19-14-2-3-16-12(8-14)9-17(24)21-20-16/h9,13-15H,2-8,10-11H2,1H3,(H,19,25)(H,21,24). The third-order valence-corrected chi connectivity index (χ3v) is 6.00. The van der Waals surface area contributed by atoms with Gasteiger partial charge in [-0.3, -0.25) is 14.5 Å². The summed E-state index contributed by atoms with van der Waals surface area (Å²) in [6, 6.07) is 2.40. The number of nitrogens with one attached hydrogen (secondary N) is 2. The van der Waals surface area contributed by atoms with E-state index in [1.807, 2.05) is 0 Å². The monoisotopic (exact) mass is 345 g/mol. The molecule has 3 aliphatic rings. The number of aromatic amines is 1. The van der Waals surface area contributed by atoms with Gasteiger partial charge in [-0.25, -0.2) is 5.10 Å². The van der Waals surface area contributed by atoms with Gasteiger partial charge in [0.15, 0.2) is 0 Å². The van der Waals surface area contributed by atoms with Gasteiger partial charge in [0.25, 0.3) is 5.56 Å². The number of hydrogen-bond acceptors (Lipinski definition) is 5. The zero-order chi connectivity index (χ0) is 17.4. The molecule has 0 radical (unpaired) electrons. The van der Waals surface area contributed by atoms with E-state index in [0.29, 0.717) is 12.5 Å². The van der Waals surface area contributed by atoms with Gasteiger partial charge in [-0.2, -0.15) is 5.10 Å². The molecule has 25 heavy (non-hydrogen) atoms. The highest BCUT2D eigenvalue weighted by Gasteiger charge is 2.38. The van der Waals surface area contributed by atoms with Gasteiger partial charge in [0, 0.05) is 31.2 Å². The van der Waals surface area contributed by atoms with Gasteiger partial charge in [-0.05, 0) is 57.8 Å². The molecule has 7 heteroatoms. The van der Waals surface area contributed by atoms with Crippen LogP contribution in [0.5, 0.6) is 0 Å². The second kappa shape index (κ2) is 6.88. The molecular formula is C18H27N5O2. The summed E-state index contributed by atoms with van der Waals surface area (Å²) in [6.07, 6.45) is 4.84. The van der Waals surface area contributed by atoms with Crippen LogP contribution in [0.4, 0.5) is 0 Å². The Morgan fingerprint density at radius 3 is 2.80 bits per heavy atom. The fourth-order valence-corrected chi connectivity index (χ4v) is 4.32. The Kier molecular flexibility index (Phi) is 4.60. The molecule has 1 aromatic rings. The normalized spacial score (nSPS) is 26.0. The van der Waals surface area contributed by atoms with E-state index in [9.17, 15) is 9.59 Å². The lowest BCUT2D eigenvalue weighted by Gasteiger charge is -2.46. The maximum Gasteiger partial charge on any atom is 0.264 e. The molecule has 0 spiro atoms. The molecule has 0 aromatic carbocycles. The number of amides is 1. The van der Waals surface area contributed by atoms with Crippen LogP contribution in [-0.4, -0.2) is 71.2 Å². The molecule has 2 fully saturated rings. The molecule has 1 unspecified atom stereocenters. The van der Waals surface area contributed by atoms with Crippen molar-refractivity contribution in [2.24, 2.45) is 5.92 Å². The molecule has 136 valence electrons. The lowest BCUT2D eigenvalue weighted by molar-refractivity contribution is -0.132. The van der Waals surface area contributed by atoms with Crippen molar-refractivity contribution in [3.8, 4) is 0 Å². The zero-order valence-electron chi connectivity index (χ0n) is 14.8. The molecule has 4 rings (SSSR count). The first-order valence-electron chi connectivity index (χ1n) is 9.39. The molecule has 2 N–H and O–H groups in total. The van der Waals surface area contributed by atoms with E-state index >= 15 is 0 Å². The second-order valence-corrected chi connectivity index (χ2v) is 7.84. The van der Waals surface area contributed by atoms with Crippen LogP contribution in [0.2, 0.25) is 0 Å². The number of H-pyrrole nitrogens is 1. The summed E-state index contributed by atoms with van der Waals surface area (Å²) in [7, 11) is 2.17. The van der Waals surface area contributed by atoms with Gasteiger partial charge in [0.2, 0.25) is 5.91 Å². The van der Waals surface area contributed by atoms with Gasteiger partial charge in [-0.1, -0.05) is 0 Å². The summed E-state index contributed by atoms with van der Waals surface area (Å²) < 4.78 is 0. The molecule has 2 aliphatic heterocycles. The smallest absolute Gasteiger partial charge is 0.264 e. The number of carbonyl (C=O) groups excluding carboxylic acids is 1. The number of likely N-dealkylation sites (tertiary alicyclic amines) is 2. The van der Waals surface area contributed by atoms with Crippen molar-refractivity contribution in [3.05, 3.63) is 27.7 Å². The Bertz CT molecular complexity index is 689. The van der Waals surface area contributed by atoms with E-state index in [1.165, 1.54) is 12.8 Å². The topological polar surface area (TPSA) is 81.3 Å². The minimum atomic E-state index is -0.168. The average molecular weight is 345 g/mol. The first kappa shape index (κ1) is 16.7. The van der Waals surface area contributed by atoms with Gasteiger partial charge in [0.05, 0.1) is 11.6 Å². The lowest BCUT2D eigenvalue weighted by Crippen LogP contribution is -2.59. The predicted molar refractivity (Wildman–Crippen MR) is 94.4 cm³/mol. The molecule has 7 nitrogen and oxygen atoms in total. The molecule has 0 bridgehead atoms. The van der Waals surface area contributed by atoms with E-state index in [1.54, 1.807) is 6.07 Å². The number of aromatic nitrogens is 2. The Labute approximate surface area is 147 Å². The van der Waals surface area contributed by atoms with Crippen LogP contribution in [0.1, 0.15) is 30.5 Å². The highest BCUT2D eigenvalue weighted by molar-refractivity contribution is 5.80. The van der Waals surface area contributed by atoms with Crippen LogP contribution in [0, 0.1) is 5.92 Å². The molecule has 2 saturated heterocycles. The SMILES string of the molecule is CN1CCC(N2CC(C(=O)NC3CCc4n[nH]c(=O)cc4C3)C2)CC1. The maximum atomic E-state index is 12.5. The van der Waals surface area contributed by atoms with Crippen molar-refractivity contribution in [2.45, 2.75) is 44.2 Å². The summed E-state index contributed by atoms with van der Waals surface area (Å²) in [6.45, 7) is 4.11. The van der Waals surface area contributed by atoms with Crippen LogP contribution in [0.25, 0.3) is 0 Å². The van der Waals surface area contributed by atoms with E-state index in [0.717, 1.165) is 50.3 Å². The molecule has 3 heterocycles. The van der Waals surface area contributed by atoms with Crippen LogP contribution >= 0.6 is 0 Å². The number of fused-ring (bicyclic) bond motifs is 1. The average Bonchev–Trinajstić information content (AvgIpc) is 2.55. The molecular weight excluding hydrogens is 318 g/mol. The van der Waals surface area contributed by atoms with Gasteiger partial charge >= 0.3 is 0 Å². The van der Waals surface area contributed by atoms with Crippen LogP contribution in [-0.2, 0) is 17.6 Å². The molecule has 1 amide bonds. The minimum Gasteiger partial charge on any atom is -0.353 e. The van der Waals surface area contributed by atoms with Gasteiger partial charge in [-0.15, -0.1) is 0 Å². The van der Waals surface area contributed by atoms with Crippen molar-refractivity contribution in [2.75, 3.05) is 33.2 Å². The van der Waals surface area contributed by atoms with Gasteiger partial charge in [0.1, 0.15) is 0 Å². The Balaban J connectivity index is 1.26. The van der Waals surface area contributed by atoms with E-state index in [4.69, 9.17) is 0 Å². The third-order valence-electron chi connectivity index (χ3n) is 6.00. The lowest BCUT2D eigenvalue weighted by atomic mass is 9.90. The van der Waals surface area contributed by atoms with Crippen molar-refractivity contribution in [1.29, 1.82) is 0 Å². The maximum absolute atomic E-state index is 12.5. The predicted octanol–water partition coefficient (Wildman–Crippen LogP) is -0.231. The van der Waals surface area contributed by atoms with Crippen LogP contribution in [0.15, 0.2) is 10.9 Å². The number of piperidine rings is 1. The summed E-state index contributed by atoms with van der Waals surface area (Å²) in [5.74, 6) is 0.300. The highest BCUT2D eigenvalue weighted by atomic mass is 16.2. The van der Waals surface area contributed by atoms with E-state index < -0.39 is 0 Å². The highest BCUT2D eigenvalue weighted by Crippen LogP contribution is 2.25. The van der Waals surface area contributed by atoms with Crippen LogP contribution < -0.4 is 10.9 Å². The van der Waals surface area contributed by atoms with Gasteiger partial charge < -0.3 is 10.2 Å².